The Balaban J connectivity index is 0.000000195. The summed E-state index contributed by atoms with van der Waals surface area (Å²) in [6.45, 7) is 8.69. The van der Waals surface area contributed by atoms with Crippen molar-refractivity contribution in [3.8, 4) is 22.3 Å². The van der Waals surface area contributed by atoms with Crippen LogP contribution >= 0.6 is 40.2 Å². The van der Waals surface area contributed by atoms with Gasteiger partial charge in [0.15, 0.2) is 0 Å². The standard InChI is InChI=1S/2C17H14Cl.C2H6Si.2ClH.Zr/c2*1-2-12-10-14-4-3-5-16(17(14)11-12)13-6-8-15(18)9-7-13;1-3-2;;;/h2*3-11H,2H2,1H3;1-2H3;2*1H;/q2*-1;;;;+4/p-2. The Bertz CT molecular complexity index is 1530. The molecule has 42 heavy (non-hydrogen) atoms. The van der Waals surface area contributed by atoms with Gasteiger partial charge in [-0.25, -0.2) is 0 Å². The van der Waals surface area contributed by atoms with Gasteiger partial charge in [-0.1, -0.05) is 97.7 Å². The van der Waals surface area contributed by atoms with Crippen LogP contribution in [0.15, 0.2) is 109 Å². The molecule has 0 saturated carbocycles. The van der Waals surface area contributed by atoms with Gasteiger partial charge in [-0.2, -0.15) is 12.1 Å². The third-order valence-electron chi connectivity index (χ3n) is 6.75. The molecular formula is C36H34Cl4SiZr. The van der Waals surface area contributed by atoms with Gasteiger partial charge in [-0.15, -0.1) is 69.1 Å². The topological polar surface area (TPSA) is 0 Å². The molecule has 214 valence electrons. The molecule has 6 aromatic rings. The molecule has 0 heterocycles. The second-order valence-corrected chi connectivity index (χ2v) is 15.2. The van der Waals surface area contributed by atoms with E-state index in [9.17, 15) is 0 Å². The van der Waals surface area contributed by atoms with Gasteiger partial charge in [-0.3, -0.25) is 0 Å². The zero-order valence-corrected chi connectivity index (χ0v) is 30.8. The van der Waals surface area contributed by atoms with E-state index in [1.54, 1.807) is 0 Å². The first-order valence-corrected chi connectivity index (χ1v) is 22.9. The number of hydrogen-bond donors (Lipinski definition) is 0. The summed E-state index contributed by atoms with van der Waals surface area (Å²) in [5.74, 6) is 0. The van der Waals surface area contributed by atoms with Crippen molar-refractivity contribution >= 4 is 71.3 Å². The van der Waals surface area contributed by atoms with Gasteiger partial charge in [0, 0.05) is 19.6 Å². The van der Waals surface area contributed by atoms with Gasteiger partial charge in [0.1, 0.15) is 0 Å². The predicted molar refractivity (Wildman–Crippen MR) is 188 cm³/mol. The summed E-state index contributed by atoms with van der Waals surface area (Å²) in [6, 6.07) is 38.1. The minimum absolute atomic E-state index is 0.780. The van der Waals surface area contributed by atoms with Gasteiger partial charge in [-0.05, 0) is 48.2 Å². The number of benzene rings is 4. The van der Waals surface area contributed by atoms with E-state index in [0.29, 0.717) is 0 Å². The first-order valence-electron chi connectivity index (χ1n) is 13.8. The van der Waals surface area contributed by atoms with Crippen molar-refractivity contribution in [1.82, 2.24) is 0 Å². The number of hydrogen-bond acceptors (Lipinski definition) is 0. The van der Waals surface area contributed by atoms with Gasteiger partial charge < -0.3 is 0 Å². The zero-order chi connectivity index (χ0) is 30.5. The van der Waals surface area contributed by atoms with Crippen LogP contribution < -0.4 is 0 Å². The van der Waals surface area contributed by atoms with Crippen LogP contribution in [0, 0.1) is 0 Å². The molecular weight excluding hydrogens is 694 g/mol. The van der Waals surface area contributed by atoms with E-state index in [1.165, 1.54) is 54.9 Å². The van der Waals surface area contributed by atoms with Gasteiger partial charge in [0.2, 0.25) is 0 Å². The molecule has 6 rings (SSSR count). The number of halogens is 4. The SMILES string of the molecule is CCc1cc2c(-c3ccc(Cl)cc3)cccc2[cH-]1.CCc1cc2c(-c3ccc(Cl)cc3)cccc2[cH-]1.C[Si]C.[Cl][Zr+2][Cl]. The summed E-state index contributed by atoms with van der Waals surface area (Å²) in [4.78, 5) is 0. The van der Waals surface area contributed by atoms with E-state index < -0.39 is 20.8 Å². The number of fused-ring (bicyclic) bond motifs is 2. The third-order valence-corrected chi connectivity index (χ3v) is 7.25. The van der Waals surface area contributed by atoms with Crippen LogP contribution in [0.4, 0.5) is 0 Å². The maximum absolute atomic E-state index is 5.94. The molecule has 0 aliphatic carbocycles. The fraction of sp³-hybridized carbons (Fsp3) is 0.167. The molecule has 0 aliphatic heterocycles. The molecule has 0 saturated heterocycles. The number of aryl methyl sites for hydroxylation is 2. The summed E-state index contributed by atoms with van der Waals surface area (Å²) in [5, 5.41) is 6.86. The Morgan fingerprint density at radius 3 is 1.24 bits per heavy atom. The van der Waals surface area contributed by atoms with Crippen LogP contribution in [0.5, 0.6) is 0 Å². The first kappa shape index (κ1) is 34.8. The molecule has 0 amide bonds. The van der Waals surface area contributed by atoms with Crippen LogP contribution in [0.25, 0.3) is 43.8 Å². The molecule has 0 bridgehead atoms. The fourth-order valence-corrected chi connectivity index (χ4v) is 5.02. The van der Waals surface area contributed by atoms with Crippen molar-refractivity contribution in [2.75, 3.05) is 0 Å². The van der Waals surface area contributed by atoms with Crippen LogP contribution in [-0.2, 0) is 33.7 Å². The fourth-order valence-electron chi connectivity index (χ4n) is 4.76. The van der Waals surface area contributed by atoms with E-state index in [4.69, 9.17) is 40.2 Å². The second-order valence-electron chi connectivity index (χ2n) is 9.64. The summed E-state index contributed by atoms with van der Waals surface area (Å²) in [6.07, 6.45) is 2.16. The van der Waals surface area contributed by atoms with Crippen molar-refractivity contribution in [3.05, 3.63) is 130 Å². The van der Waals surface area contributed by atoms with Gasteiger partial charge >= 0.3 is 37.9 Å². The van der Waals surface area contributed by atoms with Crippen molar-refractivity contribution < 1.29 is 20.8 Å². The zero-order valence-electron chi connectivity index (χ0n) is 24.3. The van der Waals surface area contributed by atoms with E-state index >= 15 is 0 Å². The second kappa shape index (κ2) is 18.2. The molecule has 0 unspecified atom stereocenters. The van der Waals surface area contributed by atoms with E-state index in [-0.39, 0.29) is 0 Å². The minimum atomic E-state index is -0.826. The van der Waals surface area contributed by atoms with Crippen LogP contribution in [0.1, 0.15) is 25.0 Å². The van der Waals surface area contributed by atoms with E-state index in [1.807, 2.05) is 24.3 Å². The predicted octanol–water partition coefficient (Wildman–Crippen LogP) is 13.0. The van der Waals surface area contributed by atoms with E-state index in [2.05, 4.69) is 112 Å². The van der Waals surface area contributed by atoms with Crippen molar-refractivity contribution in [2.45, 2.75) is 39.8 Å². The van der Waals surface area contributed by atoms with E-state index in [0.717, 1.165) is 32.4 Å². The number of rotatable bonds is 4. The first-order chi connectivity index (χ1) is 20.4. The Hall–Kier alpha value is -1.64. The molecule has 6 aromatic carbocycles. The molecule has 0 aromatic heterocycles. The average Bonchev–Trinajstić information content (AvgIpc) is 3.63. The Morgan fingerprint density at radius 2 is 0.929 bits per heavy atom. The molecule has 0 aliphatic rings. The quantitative estimate of drug-likeness (QED) is 0.125. The summed E-state index contributed by atoms with van der Waals surface area (Å²) < 4.78 is 0. The van der Waals surface area contributed by atoms with Crippen LogP contribution in [0.2, 0.25) is 23.1 Å². The van der Waals surface area contributed by atoms with Gasteiger partial charge in [0.05, 0.1) is 0 Å². The van der Waals surface area contributed by atoms with Crippen LogP contribution in [0.3, 0.4) is 0 Å². The molecule has 0 N–H and O–H groups in total. The van der Waals surface area contributed by atoms with Crippen molar-refractivity contribution in [3.63, 3.8) is 0 Å². The molecule has 0 nitrogen and oxygen atoms in total. The summed E-state index contributed by atoms with van der Waals surface area (Å²) >= 11 is 11.1. The van der Waals surface area contributed by atoms with Crippen molar-refractivity contribution in [2.24, 2.45) is 0 Å². The molecule has 0 atom stereocenters. The monoisotopic (exact) mass is 724 g/mol. The third kappa shape index (κ3) is 9.68. The molecule has 2 radical (unpaired) electrons. The molecule has 0 fully saturated rings. The summed E-state index contributed by atoms with van der Waals surface area (Å²) in [7, 11) is 11.0. The molecule has 0 spiro atoms. The van der Waals surface area contributed by atoms with Gasteiger partial charge in [0.25, 0.3) is 0 Å². The average molecular weight is 728 g/mol. The Labute approximate surface area is 282 Å². The van der Waals surface area contributed by atoms with Crippen molar-refractivity contribution in [1.29, 1.82) is 0 Å². The van der Waals surface area contributed by atoms with Crippen LogP contribution in [-0.4, -0.2) is 9.52 Å². The Kier molecular flexibility index (Phi) is 15.1. The normalized spacial score (nSPS) is 10.1. The molecule has 6 heteroatoms. The maximum atomic E-state index is 5.94. The Morgan fingerprint density at radius 1 is 0.595 bits per heavy atom. The summed E-state index contributed by atoms with van der Waals surface area (Å²) in [5.41, 5.74) is 7.79.